The fourth-order valence-corrected chi connectivity index (χ4v) is 3.20. The number of hydrogen-bond donors (Lipinski definition) is 1. The van der Waals surface area contributed by atoms with Gasteiger partial charge in [-0.25, -0.2) is 0 Å². The molecule has 2 rings (SSSR count). The van der Waals surface area contributed by atoms with Crippen molar-refractivity contribution in [3.05, 3.63) is 23.1 Å². The topological polar surface area (TPSA) is 54.7 Å². The minimum Gasteiger partial charge on any atom is -0.440 e. The molecule has 0 radical (unpaired) electrons. The molecule has 0 aromatic carbocycles. The second kappa shape index (κ2) is 8.56. The summed E-state index contributed by atoms with van der Waals surface area (Å²) in [5, 5.41) is 3.22. The maximum Gasteiger partial charge on any atom is 0.287 e. The minimum absolute atomic E-state index is 0.212. The van der Waals surface area contributed by atoms with Crippen molar-refractivity contribution >= 4 is 17.5 Å². The number of halogens is 1. The summed E-state index contributed by atoms with van der Waals surface area (Å²) in [6, 6.07) is 3.50. The summed E-state index contributed by atoms with van der Waals surface area (Å²) >= 11 is 5.72. The van der Waals surface area contributed by atoms with Gasteiger partial charge in [0, 0.05) is 25.7 Å². The molecule has 1 amide bonds. The summed E-state index contributed by atoms with van der Waals surface area (Å²) in [6.07, 6.45) is 2.20. The highest BCUT2D eigenvalue weighted by molar-refractivity contribution is 6.29. The number of carbonyl (C=O) groups is 1. The maximum atomic E-state index is 12.1. The lowest BCUT2D eigenvalue weighted by Gasteiger charge is -2.38. The Kier molecular flexibility index (Phi) is 6.73. The van der Waals surface area contributed by atoms with E-state index in [2.05, 4.69) is 24.1 Å². The molecular formula is C16H25ClN2O3. The summed E-state index contributed by atoms with van der Waals surface area (Å²) in [7, 11) is 0. The molecule has 1 atom stereocenters. The molecule has 1 N–H and O–H groups in total. The van der Waals surface area contributed by atoms with Crippen molar-refractivity contribution in [1.82, 2.24) is 10.2 Å². The first-order valence-corrected chi connectivity index (χ1v) is 8.38. The van der Waals surface area contributed by atoms with E-state index < -0.39 is 0 Å². The molecule has 0 spiro atoms. The molecule has 1 aromatic rings. The quantitative estimate of drug-likeness (QED) is 0.836. The molecule has 1 saturated heterocycles. The molecule has 22 heavy (non-hydrogen) atoms. The van der Waals surface area contributed by atoms with Crippen LogP contribution in [0.5, 0.6) is 0 Å². The van der Waals surface area contributed by atoms with Gasteiger partial charge in [0.25, 0.3) is 5.91 Å². The lowest BCUT2D eigenvalue weighted by molar-refractivity contribution is 0.00185. The van der Waals surface area contributed by atoms with Crippen LogP contribution in [-0.2, 0) is 4.74 Å². The lowest BCUT2D eigenvalue weighted by Crippen LogP contribution is -2.52. The first-order chi connectivity index (χ1) is 10.7. The van der Waals surface area contributed by atoms with E-state index in [1.165, 1.54) is 0 Å². The molecule has 0 unspecified atom stereocenters. The van der Waals surface area contributed by atoms with Crippen molar-refractivity contribution in [2.24, 2.45) is 5.92 Å². The highest BCUT2D eigenvalue weighted by Gasteiger charge is 2.27. The van der Waals surface area contributed by atoms with Crippen LogP contribution in [0.2, 0.25) is 5.22 Å². The Hall–Kier alpha value is -1.04. The van der Waals surface area contributed by atoms with Crippen LogP contribution in [0.4, 0.5) is 0 Å². The number of rotatable bonds is 7. The van der Waals surface area contributed by atoms with Crippen molar-refractivity contribution < 1.29 is 13.9 Å². The largest absolute Gasteiger partial charge is 0.440 e. The van der Waals surface area contributed by atoms with E-state index in [-0.39, 0.29) is 16.9 Å². The van der Waals surface area contributed by atoms with E-state index in [4.69, 9.17) is 20.8 Å². The van der Waals surface area contributed by atoms with Gasteiger partial charge in [-0.2, -0.15) is 0 Å². The molecule has 6 heteroatoms. The van der Waals surface area contributed by atoms with Crippen LogP contribution in [0, 0.1) is 5.92 Å². The van der Waals surface area contributed by atoms with Crippen LogP contribution >= 0.6 is 11.6 Å². The Morgan fingerprint density at radius 3 is 2.55 bits per heavy atom. The Bertz CT molecular complexity index is 468. The van der Waals surface area contributed by atoms with E-state index in [9.17, 15) is 4.79 Å². The third kappa shape index (κ3) is 4.48. The van der Waals surface area contributed by atoms with E-state index in [1.54, 1.807) is 12.1 Å². The normalized spacial score (nSPS) is 17.6. The van der Waals surface area contributed by atoms with E-state index >= 15 is 0 Å². The van der Waals surface area contributed by atoms with Gasteiger partial charge in [0.1, 0.15) is 0 Å². The molecule has 124 valence electrons. The maximum absolute atomic E-state index is 12.1. The van der Waals surface area contributed by atoms with E-state index in [0.29, 0.717) is 18.5 Å². The molecule has 1 aliphatic heterocycles. The van der Waals surface area contributed by atoms with Crippen molar-refractivity contribution in [2.75, 3.05) is 32.8 Å². The zero-order chi connectivity index (χ0) is 15.9. The molecule has 0 bridgehead atoms. The molecule has 0 saturated carbocycles. The van der Waals surface area contributed by atoms with Gasteiger partial charge in [0.15, 0.2) is 11.0 Å². The van der Waals surface area contributed by atoms with Gasteiger partial charge in [0.05, 0.1) is 13.2 Å². The monoisotopic (exact) mass is 328 g/mol. The molecule has 1 aliphatic rings. The van der Waals surface area contributed by atoms with E-state index in [1.807, 2.05) is 0 Å². The minimum atomic E-state index is -0.212. The summed E-state index contributed by atoms with van der Waals surface area (Å²) in [5.74, 6) is 0.602. The zero-order valence-electron chi connectivity index (χ0n) is 13.3. The summed E-state index contributed by atoms with van der Waals surface area (Å²) in [6.45, 7) is 8.39. The SMILES string of the molecule is CCC(CC)[C@H](CNC(=O)c1ccc(Cl)o1)N1CCOCC1. The van der Waals surface area contributed by atoms with Crippen LogP contribution in [0.15, 0.2) is 16.5 Å². The Morgan fingerprint density at radius 1 is 1.32 bits per heavy atom. The highest BCUT2D eigenvalue weighted by Crippen LogP contribution is 2.20. The average molecular weight is 329 g/mol. The number of amides is 1. The molecule has 5 nitrogen and oxygen atoms in total. The fourth-order valence-electron chi connectivity index (χ4n) is 3.06. The molecule has 1 fully saturated rings. The second-order valence-corrected chi connectivity index (χ2v) is 5.98. The van der Waals surface area contributed by atoms with Gasteiger partial charge in [-0.1, -0.05) is 26.7 Å². The number of morpholine rings is 1. The lowest BCUT2D eigenvalue weighted by atomic mass is 9.92. The molecular weight excluding hydrogens is 304 g/mol. The standard InChI is InChI=1S/C16H25ClN2O3/c1-3-12(4-2)13(19-7-9-21-10-8-19)11-18-16(20)14-5-6-15(17)22-14/h5-6,12-13H,3-4,7-11H2,1-2H3,(H,18,20)/t13-/m0/s1. The Morgan fingerprint density at radius 2 is 2.00 bits per heavy atom. The average Bonchev–Trinajstić information content (AvgIpc) is 2.98. The molecule has 0 aliphatic carbocycles. The number of hydrogen-bond acceptors (Lipinski definition) is 4. The van der Waals surface area contributed by atoms with Gasteiger partial charge in [0.2, 0.25) is 0 Å². The summed E-state index contributed by atoms with van der Waals surface area (Å²) in [5.41, 5.74) is 0. The van der Waals surface area contributed by atoms with Crippen molar-refractivity contribution in [2.45, 2.75) is 32.7 Å². The van der Waals surface area contributed by atoms with Crippen molar-refractivity contribution in [1.29, 1.82) is 0 Å². The zero-order valence-corrected chi connectivity index (χ0v) is 14.1. The number of ether oxygens (including phenoxy) is 1. The predicted octanol–water partition coefficient (Wildman–Crippen LogP) is 2.80. The second-order valence-electron chi connectivity index (χ2n) is 5.61. The van der Waals surface area contributed by atoms with Gasteiger partial charge in [-0.05, 0) is 29.7 Å². The van der Waals surface area contributed by atoms with E-state index in [0.717, 1.165) is 39.1 Å². The first kappa shape index (κ1) is 17.3. The Balaban J connectivity index is 1.97. The van der Waals surface area contributed by atoms with Crippen LogP contribution in [0.3, 0.4) is 0 Å². The van der Waals surface area contributed by atoms with Crippen LogP contribution in [0.1, 0.15) is 37.2 Å². The van der Waals surface area contributed by atoms with Crippen LogP contribution in [0.25, 0.3) is 0 Å². The predicted molar refractivity (Wildman–Crippen MR) is 86.3 cm³/mol. The van der Waals surface area contributed by atoms with Gasteiger partial charge in [-0.3, -0.25) is 9.69 Å². The third-order valence-electron chi connectivity index (χ3n) is 4.38. The number of nitrogens with zero attached hydrogens (tertiary/aromatic N) is 1. The van der Waals surface area contributed by atoms with Gasteiger partial charge < -0.3 is 14.5 Å². The number of carbonyl (C=O) groups excluding carboxylic acids is 1. The van der Waals surface area contributed by atoms with Crippen LogP contribution < -0.4 is 5.32 Å². The summed E-state index contributed by atoms with van der Waals surface area (Å²) < 4.78 is 10.6. The Labute approximate surface area is 136 Å². The number of nitrogens with one attached hydrogen (secondary N) is 1. The number of furan rings is 1. The highest BCUT2D eigenvalue weighted by atomic mass is 35.5. The van der Waals surface area contributed by atoms with Gasteiger partial charge in [-0.15, -0.1) is 0 Å². The smallest absolute Gasteiger partial charge is 0.287 e. The summed E-state index contributed by atoms with van der Waals surface area (Å²) in [4.78, 5) is 14.6. The third-order valence-corrected chi connectivity index (χ3v) is 4.58. The van der Waals surface area contributed by atoms with Crippen molar-refractivity contribution in [3.63, 3.8) is 0 Å². The van der Waals surface area contributed by atoms with Crippen molar-refractivity contribution in [3.8, 4) is 0 Å². The fraction of sp³-hybridized carbons (Fsp3) is 0.688. The molecule has 1 aromatic heterocycles. The first-order valence-electron chi connectivity index (χ1n) is 8.01. The van der Waals surface area contributed by atoms with Crippen LogP contribution in [-0.4, -0.2) is 49.7 Å². The molecule has 2 heterocycles. The van der Waals surface area contributed by atoms with Gasteiger partial charge >= 0.3 is 0 Å².